The fourth-order valence-corrected chi connectivity index (χ4v) is 7.27. The van der Waals surface area contributed by atoms with Crippen molar-refractivity contribution in [3.8, 4) is 33.4 Å². The molecule has 0 N–H and O–H groups in total. The first-order valence-electron chi connectivity index (χ1n) is 20.7. The summed E-state index contributed by atoms with van der Waals surface area (Å²) >= 11 is 0. The summed E-state index contributed by atoms with van der Waals surface area (Å²) in [4.78, 5) is 1.77. The van der Waals surface area contributed by atoms with E-state index in [4.69, 9.17) is 12.6 Å². The molecule has 0 aliphatic carbocycles. The minimum Gasteiger partial charge on any atom is -0.455 e. The zero-order chi connectivity index (χ0) is 40.5. The molecule has 0 aliphatic heterocycles. The smallest absolute Gasteiger partial charge is 0.143 e. The van der Waals surface area contributed by atoms with Crippen LogP contribution in [0.4, 0.5) is 17.1 Å². The highest BCUT2D eigenvalue weighted by Gasteiger charge is 2.19. The Bertz CT molecular complexity index is 3280. The first-order chi connectivity index (χ1) is 28.7. The van der Waals surface area contributed by atoms with E-state index in [0.29, 0.717) is 11.4 Å². The van der Waals surface area contributed by atoms with Gasteiger partial charge in [-0.25, -0.2) is 0 Å². The monoisotopic (exact) mass is 670 g/mol. The van der Waals surface area contributed by atoms with Crippen molar-refractivity contribution in [2.24, 2.45) is 0 Å². The summed E-state index contributed by atoms with van der Waals surface area (Å²) in [6.07, 6.45) is 0. The quantitative estimate of drug-likeness (QED) is 0.175. The molecular weight excluding hydrogens is 631 g/mol. The Kier molecular flexibility index (Phi) is 5.63. The average molecular weight is 671 g/mol. The second-order valence-electron chi connectivity index (χ2n) is 12.8. The topological polar surface area (TPSA) is 16.4 Å². The van der Waals surface area contributed by atoms with Crippen molar-refractivity contribution in [1.82, 2.24) is 0 Å². The lowest BCUT2D eigenvalue weighted by molar-refractivity contribution is 0.673. The van der Waals surface area contributed by atoms with Crippen molar-refractivity contribution in [2.75, 3.05) is 4.90 Å². The van der Waals surface area contributed by atoms with Crippen LogP contribution in [0.1, 0.15) is 9.60 Å². The fourth-order valence-electron chi connectivity index (χ4n) is 7.27. The molecule has 0 radical (unpaired) electrons. The summed E-state index contributed by atoms with van der Waals surface area (Å²) in [6.45, 7) is 0. The number of furan rings is 1. The van der Waals surface area contributed by atoms with E-state index >= 15 is 0 Å². The standard InChI is InChI=1S/C50H33NO/c1-2-11-34(12-3-1)35-23-25-36(26-24-35)37-27-30-41(31-28-37)51(47-21-9-15-38-13-4-6-18-43(38)47)42-17-8-16-40(33-42)44-20-10-22-48-49(44)46-32-29-39-14-5-7-19-45(39)50(46)52-48/h1-33H/i4D,6D,9D,13D,15D,18D,21D. The van der Waals surface area contributed by atoms with Crippen LogP contribution in [0, 0.1) is 0 Å². The minimum absolute atomic E-state index is 0.00258. The van der Waals surface area contributed by atoms with Crippen LogP contribution >= 0.6 is 0 Å². The molecule has 52 heavy (non-hydrogen) atoms. The van der Waals surface area contributed by atoms with E-state index in [2.05, 4.69) is 60.7 Å². The Morgan fingerprint density at radius 2 is 1.10 bits per heavy atom. The lowest BCUT2D eigenvalue weighted by atomic mass is 9.97. The van der Waals surface area contributed by atoms with Gasteiger partial charge >= 0.3 is 0 Å². The molecule has 2 heteroatoms. The first-order valence-corrected chi connectivity index (χ1v) is 17.2. The Balaban J connectivity index is 1.18. The largest absolute Gasteiger partial charge is 0.455 e. The third-order valence-corrected chi connectivity index (χ3v) is 9.77. The van der Waals surface area contributed by atoms with Gasteiger partial charge in [-0.2, -0.15) is 0 Å². The number of anilines is 3. The van der Waals surface area contributed by atoms with Gasteiger partial charge in [-0.15, -0.1) is 0 Å². The molecule has 10 aromatic rings. The number of nitrogens with zero attached hydrogens (tertiary/aromatic N) is 1. The molecule has 1 aromatic heterocycles. The molecule has 0 saturated carbocycles. The molecular formula is C50H33NO. The summed E-state index contributed by atoms with van der Waals surface area (Å²) in [5, 5.41) is 3.92. The SMILES string of the molecule is [2H]c1c([2H])c([2H])c2c(N(c3ccc(-c4ccc(-c5ccccc5)cc4)cc3)c3cccc(-c4cccc5oc6c7ccccc7ccc6c45)c3)c([2H])c([2H])c([2H])c2c1[2H]. The third kappa shape index (κ3) is 5.12. The molecule has 0 unspecified atom stereocenters. The highest BCUT2D eigenvalue weighted by Crippen LogP contribution is 2.43. The molecule has 10 rings (SSSR count). The minimum atomic E-state index is -0.497. The predicted octanol–water partition coefficient (Wildman–Crippen LogP) is 14.4. The molecule has 2 nitrogen and oxygen atoms in total. The Morgan fingerprint density at radius 1 is 0.423 bits per heavy atom. The van der Waals surface area contributed by atoms with Gasteiger partial charge in [0, 0.05) is 32.9 Å². The van der Waals surface area contributed by atoms with Crippen LogP contribution in [0.25, 0.3) is 76.9 Å². The van der Waals surface area contributed by atoms with Crippen molar-refractivity contribution in [3.63, 3.8) is 0 Å². The number of benzene rings is 9. The van der Waals surface area contributed by atoms with Gasteiger partial charge in [0.2, 0.25) is 0 Å². The molecule has 1 heterocycles. The molecule has 0 bridgehead atoms. The van der Waals surface area contributed by atoms with Crippen LogP contribution in [-0.4, -0.2) is 0 Å². The third-order valence-electron chi connectivity index (χ3n) is 9.77. The number of fused-ring (bicyclic) bond motifs is 6. The maximum atomic E-state index is 9.35. The average Bonchev–Trinajstić information content (AvgIpc) is 3.68. The molecule has 244 valence electrons. The van der Waals surface area contributed by atoms with Crippen LogP contribution in [0.3, 0.4) is 0 Å². The summed E-state index contributed by atoms with van der Waals surface area (Å²) in [7, 11) is 0. The van der Waals surface area contributed by atoms with E-state index < -0.39 is 30.2 Å². The lowest BCUT2D eigenvalue weighted by Crippen LogP contribution is -2.10. The van der Waals surface area contributed by atoms with Crippen molar-refractivity contribution in [3.05, 3.63) is 200 Å². The number of hydrogen-bond donors (Lipinski definition) is 0. The molecule has 9 aromatic carbocycles. The fraction of sp³-hybridized carbons (Fsp3) is 0. The molecule has 0 spiro atoms. The van der Waals surface area contributed by atoms with E-state index in [9.17, 15) is 1.37 Å². The number of hydrogen-bond acceptors (Lipinski definition) is 2. The van der Waals surface area contributed by atoms with Crippen LogP contribution in [0.5, 0.6) is 0 Å². The Morgan fingerprint density at radius 3 is 1.92 bits per heavy atom. The second-order valence-corrected chi connectivity index (χ2v) is 12.8. The molecule has 0 amide bonds. The summed E-state index contributed by atoms with van der Waals surface area (Å²) in [6, 6.07) is 49.4. The van der Waals surface area contributed by atoms with E-state index in [1.807, 2.05) is 97.1 Å². The highest BCUT2D eigenvalue weighted by atomic mass is 16.3. The van der Waals surface area contributed by atoms with Crippen molar-refractivity contribution in [1.29, 1.82) is 0 Å². The van der Waals surface area contributed by atoms with Crippen molar-refractivity contribution >= 4 is 60.5 Å². The van der Waals surface area contributed by atoms with Crippen LogP contribution in [0.15, 0.2) is 204 Å². The Labute approximate surface area is 312 Å². The van der Waals surface area contributed by atoms with E-state index in [0.717, 1.165) is 66.1 Å². The number of rotatable bonds is 6. The maximum absolute atomic E-state index is 9.35. The second kappa shape index (κ2) is 12.5. The summed E-state index contributed by atoms with van der Waals surface area (Å²) < 4.78 is 68.6. The summed E-state index contributed by atoms with van der Waals surface area (Å²) in [5.41, 5.74) is 8.79. The molecule has 0 atom stereocenters. The van der Waals surface area contributed by atoms with E-state index in [1.54, 1.807) is 4.90 Å². The molecule has 0 fully saturated rings. The van der Waals surface area contributed by atoms with E-state index in [-0.39, 0.29) is 28.5 Å². The van der Waals surface area contributed by atoms with Crippen LogP contribution in [0.2, 0.25) is 0 Å². The zero-order valence-electron chi connectivity index (χ0n) is 34.9. The van der Waals surface area contributed by atoms with Gasteiger partial charge in [-0.05, 0) is 86.6 Å². The van der Waals surface area contributed by atoms with Gasteiger partial charge < -0.3 is 9.32 Å². The first kappa shape index (κ1) is 23.5. The zero-order valence-corrected chi connectivity index (χ0v) is 27.9. The van der Waals surface area contributed by atoms with E-state index in [1.165, 1.54) is 0 Å². The van der Waals surface area contributed by atoms with Gasteiger partial charge in [-0.1, -0.05) is 158 Å². The van der Waals surface area contributed by atoms with Crippen LogP contribution < -0.4 is 4.90 Å². The van der Waals surface area contributed by atoms with Gasteiger partial charge in [0.15, 0.2) is 0 Å². The van der Waals surface area contributed by atoms with Gasteiger partial charge in [-0.3, -0.25) is 0 Å². The Hall–Kier alpha value is -6.90. The molecule has 0 saturated heterocycles. The highest BCUT2D eigenvalue weighted by molar-refractivity contribution is 6.19. The predicted molar refractivity (Wildman–Crippen MR) is 220 cm³/mol. The maximum Gasteiger partial charge on any atom is 0.143 e. The van der Waals surface area contributed by atoms with Crippen molar-refractivity contribution in [2.45, 2.75) is 0 Å². The summed E-state index contributed by atoms with van der Waals surface area (Å²) in [5.74, 6) is 0. The van der Waals surface area contributed by atoms with Gasteiger partial charge in [0.1, 0.15) is 11.2 Å². The van der Waals surface area contributed by atoms with Crippen molar-refractivity contribution < 1.29 is 14.0 Å². The van der Waals surface area contributed by atoms with Gasteiger partial charge in [0.05, 0.1) is 15.3 Å². The lowest BCUT2D eigenvalue weighted by Gasteiger charge is -2.27. The van der Waals surface area contributed by atoms with Gasteiger partial charge in [0.25, 0.3) is 0 Å². The van der Waals surface area contributed by atoms with Crippen LogP contribution in [-0.2, 0) is 0 Å². The molecule has 0 aliphatic rings. The normalized spacial score (nSPS) is 13.3.